The third-order valence-electron chi connectivity index (χ3n) is 7.43. The third-order valence-corrected chi connectivity index (χ3v) is 8.64. The molecular weight excluding hydrogens is 480 g/mol. The molecule has 3 heteroatoms. The lowest BCUT2D eigenvalue weighted by Crippen LogP contribution is -1.96. The molecule has 0 amide bonds. The van der Waals surface area contributed by atoms with Crippen LogP contribution in [-0.2, 0) is 0 Å². The van der Waals surface area contributed by atoms with Crippen molar-refractivity contribution in [2.45, 2.75) is 0 Å². The molecule has 0 saturated carbocycles. The topological polar surface area (TPSA) is 17.8 Å². The summed E-state index contributed by atoms with van der Waals surface area (Å²) in [5.41, 5.74) is 8.17. The van der Waals surface area contributed by atoms with Gasteiger partial charge < -0.3 is 4.57 Å². The molecule has 0 aliphatic rings. The number of benzene rings is 5. The molecule has 0 unspecified atom stereocenters. The van der Waals surface area contributed by atoms with Crippen LogP contribution in [0.15, 0.2) is 134 Å². The fourth-order valence-corrected chi connectivity index (χ4v) is 7.02. The van der Waals surface area contributed by atoms with Gasteiger partial charge in [-0.3, -0.25) is 4.98 Å². The summed E-state index contributed by atoms with van der Waals surface area (Å²) in [6.45, 7) is 0. The molecule has 8 aromatic rings. The predicted octanol–water partition coefficient (Wildman–Crippen LogP) is 9.88. The maximum atomic E-state index is 4.76. The maximum Gasteiger partial charge on any atom is 0.0708 e. The lowest BCUT2D eigenvalue weighted by Gasteiger charge is -2.13. The van der Waals surface area contributed by atoms with Crippen molar-refractivity contribution in [2.75, 3.05) is 0 Å². The van der Waals surface area contributed by atoms with Gasteiger partial charge in [-0.15, -0.1) is 11.3 Å². The number of nitrogens with zero attached hydrogens (tertiary/aromatic N) is 2. The SMILES string of the molecule is c1ccc(-c2cc(-c3c4sc5ccccc5c4cc4c5ccccc5n(-c5ccccc5)c34)ccn2)cc1. The lowest BCUT2D eigenvalue weighted by atomic mass is 9.97. The highest BCUT2D eigenvalue weighted by atomic mass is 32.1. The van der Waals surface area contributed by atoms with Gasteiger partial charge in [-0.2, -0.15) is 0 Å². The fourth-order valence-electron chi connectivity index (χ4n) is 5.77. The Kier molecular flexibility index (Phi) is 4.73. The second kappa shape index (κ2) is 8.41. The van der Waals surface area contributed by atoms with E-state index in [0.29, 0.717) is 0 Å². The first kappa shape index (κ1) is 21.4. The van der Waals surface area contributed by atoms with Gasteiger partial charge in [0.25, 0.3) is 0 Å². The second-order valence-electron chi connectivity index (χ2n) is 9.61. The average molecular weight is 503 g/mol. The largest absolute Gasteiger partial charge is 0.309 e. The lowest BCUT2D eigenvalue weighted by molar-refractivity contribution is 1.18. The quantitative estimate of drug-likeness (QED) is 0.235. The van der Waals surface area contributed by atoms with Crippen LogP contribution in [-0.4, -0.2) is 9.55 Å². The molecule has 178 valence electrons. The zero-order valence-corrected chi connectivity index (χ0v) is 21.3. The molecule has 0 atom stereocenters. The minimum atomic E-state index is 0.983. The minimum absolute atomic E-state index is 0.983. The molecule has 8 rings (SSSR count). The van der Waals surface area contributed by atoms with E-state index in [9.17, 15) is 0 Å². The van der Waals surface area contributed by atoms with Crippen molar-refractivity contribution in [3.63, 3.8) is 0 Å². The highest BCUT2D eigenvalue weighted by molar-refractivity contribution is 7.26. The van der Waals surface area contributed by atoms with E-state index in [1.807, 2.05) is 23.6 Å². The molecule has 0 saturated heterocycles. The zero-order chi connectivity index (χ0) is 25.1. The summed E-state index contributed by atoms with van der Waals surface area (Å²) in [5.74, 6) is 0. The summed E-state index contributed by atoms with van der Waals surface area (Å²) < 4.78 is 5.06. The molecule has 0 spiro atoms. The first-order valence-corrected chi connectivity index (χ1v) is 13.6. The summed E-state index contributed by atoms with van der Waals surface area (Å²) in [5, 5.41) is 5.15. The van der Waals surface area contributed by atoms with Crippen molar-refractivity contribution in [1.29, 1.82) is 0 Å². The van der Waals surface area contributed by atoms with E-state index in [1.165, 1.54) is 53.1 Å². The maximum absolute atomic E-state index is 4.76. The summed E-state index contributed by atoms with van der Waals surface area (Å²) in [6.07, 6.45) is 1.95. The van der Waals surface area contributed by atoms with Gasteiger partial charge in [0.1, 0.15) is 0 Å². The Morgan fingerprint density at radius 1 is 0.553 bits per heavy atom. The number of hydrogen-bond donors (Lipinski definition) is 0. The molecule has 0 aliphatic heterocycles. The summed E-state index contributed by atoms with van der Waals surface area (Å²) in [7, 11) is 0. The highest BCUT2D eigenvalue weighted by Crippen LogP contribution is 2.47. The van der Waals surface area contributed by atoms with E-state index in [1.54, 1.807) is 0 Å². The van der Waals surface area contributed by atoms with Gasteiger partial charge in [0.15, 0.2) is 0 Å². The monoisotopic (exact) mass is 502 g/mol. The van der Waals surface area contributed by atoms with Crippen LogP contribution in [0, 0.1) is 0 Å². The minimum Gasteiger partial charge on any atom is -0.309 e. The summed E-state index contributed by atoms with van der Waals surface area (Å²) in [6, 6.07) is 45.5. The highest BCUT2D eigenvalue weighted by Gasteiger charge is 2.22. The van der Waals surface area contributed by atoms with Crippen molar-refractivity contribution >= 4 is 53.3 Å². The molecule has 0 bridgehead atoms. The molecular formula is C35H22N2S. The van der Waals surface area contributed by atoms with E-state index >= 15 is 0 Å². The van der Waals surface area contributed by atoms with E-state index in [2.05, 4.69) is 126 Å². The summed E-state index contributed by atoms with van der Waals surface area (Å²) in [4.78, 5) is 4.76. The van der Waals surface area contributed by atoms with Gasteiger partial charge in [0.05, 0.1) is 16.7 Å². The second-order valence-corrected chi connectivity index (χ2v) is 10.7. The molecule has 0 radical (unpaired) electrons. The van der Waals surface area contributed by atoms with Crippen molar-refractivity contribution < 1.29 is 0 Å². The van der Waals surface area contributed by atoms with Crippen LogP contribution in [0.4, 0.5) is 0 Å². The van der Waals surface area contributed by atoms with Crippen LogP contribution in [0.1, 0.15) is 0 Å². The van der Waals surface area contributed by atoms with Crippen LogP contribution >= 0.6 is 11.3 Å². The average Bonchev–Trinajstić information content (AvgIpc) is 3.52. The number of thiophene rings is 1. The standard InChI is InChI=1S/C35H22N2S/c1-3-11-23(12-4-1)30-21-24(19-20-36-30)33-34-28(22-29-27-16-8-10-18-32(27)38-35(29)33)26-15-7-9-17-31(26)37(34)25-13-5-2-6-14-25/h1-22H. The molecule has 0 N–H and O–H groups in total. The Labute approximate surface area is 224 Å². The molecule has 0 fully saturated rings. The molecule has 3 heterocycles. The number of para-hydroxylation sites is 2. The van der Waals surface area contributed by atoms with Gasteiger partial charge in [-0.05, 0) is 48.0 Å². The first-order chi connectivity index (χ1) is 18.9. The Balaban J connectivity index is 1.59. The molecule has 2 nitrogen and oxygen atoms in total. The number of aromatic nitrogens is 2. The van der Waals surface area contributed by atoms with E-state index in [0.717, 1.165) is 16.9 Å². The van der Waals surface area contributed by atoms with Gasteiger partial charge >= 0.3 is 0 Å². The van der Waals surface area contributed by atoms with Gasteiger partial charge in [0, 0.05) is 54.0 Å². The van der Waals surface area contributed by atoms with Gasteiger partial charge in [0.2, 0.25) is 0 Å². The molecule has 5 aromatic carbocycles. The number of rotatable bonds is 3. The van der Waals surface area contributed by atoms with Crippen LogP contribution < -0.4 is 0 Å². The van der Waals surface area contributed by atoms with E-state index < -0.39 is 0 Å². The Morgan fingerprint density at radius 2 is 1.26 bits per heavy atom. The van der Waals surface area contributed by atoms with Gasteiger partial charge in [-0.25, -0.2) is 0 Å². The number of hydrogen-bond acceptors (Lipinski definition) is 2. The van der Waals surface area contributed by atoms with Crippen LogP contribution in [0.25, 0.3) is 70.0 Å². The summed E-state index contributed by atoms with van der Waals surface area (Å²) >= 11 is 1.88. The first-order valence-electron chi connectivity index (χ1n) is 12.8. The molecule has 38 heavy (non-hydrogen) atoms. The number of fused-ring (bicyclic) bond motifs is 6. The smallest absolute Gasteiger partial charge is 0.0708 e. The Bertz CT molecular complexity index is 2120. The predicted molar refractivity (Wildman–Crippen MR) is 162 cm³/mol. The third kappa shape index (κ3) is 3.16. The van der Waals surface area contributed by atoms with Crippen molar-refractivity contribution in [3.05, 3.63) is 134 Å². The normalized spacial score (nSPS) is 11.7. The van der Waals surface area contributed by atoms with Crippen molar-refractivity contribution in [3.8, 4) is 28.1 Å². The molecule has 0 aliphatic carbocycles. The Hall–Kier alpha value is -4.73. The fraction of sp³-hybridized carbons (Fsp3) is 0. The van der Waals surface area contributed by atoms with E-state index in [-0.39, 0.29) is 0 Å². The van der Waals surface area contributed by atoms with Gasteiger partial charge in [-0.1, -0.05) is 84.9 Å². The molecule has 3 aromatic heterocycles. The van der Waals surface area contributed by atoms with E-state index in [4.69, 9.17) is 4.98 Å². The van der Waals surface area contributed by atoms with Crippen molar-refractivity contribution in [1.82, 2.24) is 9.55 Å². The van der Waals surface area contributed by atoms with Crippen LogP contribution in [0.5, 0.6) is 0 Å². The van der Waals surface area contributed by atoms with Crippen molar-refractivity contribution in [2.24, 2.45) is 0 Å². The zero-order valence-electron chi connectivity index (χ0n) is 20.5. The van der Waals surface area contributed by atoms with Crippen LogP contribution in [0.3, 0.4) is 0 Å². The Morgan fingerprint density at radius 3 is 2.11 bits per heavy atom. The van der Waals surface area contributed by atoms with Crippen LogP contribution in [0.2, 0.25) is 0 Å². The number of pyridine rings is 1.